The van der Waals surface area contributed by atoms with Crippen LogP contribution >= 0.6 is 0 Å². The molecule has 0 amide bonds. The van der Waals surface area contributed by atoms with Crippen LogP contribution in [0.4, 0.5) is 0 Å². The molecule has 0 N–H and O–H groups in total. The number of hydrogen-bond donors (Lipinski definition) is 0. The average Bonchev–Trinajstić information content (AvgIpc) is 3.69. The molecule has 9 heteroatoms. The Balaban J connectivity index is 1.33. The van der Waals surface area contributed by atoms with Gasteiger partial charge < -0.3 is 0 Å². The van der Waals surface area contributed by atoms with E-state index in [0.29, 0.717) is 6.54 Å². The summed E-state index contributed by atoms with van der Waals surface area (Å²) in [6.07, 6.45) is 5.19. The average molecular weight is 637 g/mol. The molecule has 0 saturated heterocycles. The summed E-state index contributed by atoms with van der Waals surface area (Å²) in [6.45, 7) is 2.93. The van der Waals surface area contributed by atoms with Crippen LogP contribution in [0, 0.1) is 0 Å². The molecule has 0 unspecified atom stereocenters. The Hall–Kier alpha value is -3.79. The van der Waals surface area contributed by atoms with Gasteiger partial charge in [-0.15, -0.1) is 0 Å². The Kier molecular flexibility index (Phi) is 7.27. The van der Waals surface area contributed by atoms with Gasteiger partial charge in [0.2, 0.25) is 0 Å². The summed E-state index contributed by atoms with van der Waals surface area (Å²) < 4.78 is 6.29. The molecular weight excluding hydrogens is 603 g/mol. The number of tetrazole rings is 1. The van der Waals surface area contributed by atoms with Crippen molar-refractivity contribution < 1.29 is 0 Å². The summed E-state index contributed by atoms with van der Waals surface area (Å²) in [4.78, 5) is 11.9. The molecule has 0 aliphatic carbocycles. The molecule has 0 radical (unpaired) electrons. The standard InChI is InChI=1S/C28H25N8.3CH3.Sn/c1-2-3-13-26-32-36-19-25(22-9-5-4-6-10-22)29-28(36)35(26)18-20-14-16-21(17-15-20)23-11-7-8-12-24(23)27-30-33-34-31-27;;;;/h4-12,14-17,19H,2-3,13,18H2,1H3;3*1H3;/q-1;;;;+1. The second kappa shape index (κ2) is 11.0. The van der Waals surface area contributed by atoms with Gasteiger partial charge >= 0.3 is 172 Å². The Bertz CT molecular complexity index is 1740. The zero-order valence-electron chi connectivity index (χ0n) is 23.5. The molecule has 40 heavy (non-hydrogen) atoms. The van der Waals surface area contributed by atoms with Crippen LogP contribution in [0.1, 0.15) is 31.2 Å². The molecule has 0 saturated carbocycles. The molecule has 202 valence electrons. The molecular formula is C31H34N8Sn. The number of benzene rings is 3. The normalized spacial score (nSPS) is 11.9. The minimum absolute atomic E-state index is 0.715. The number of nitrogens with zero attached hydrogens (tertiary/aromatic N) is 8. The van der Waals surface area contributed by atoms with Crippen molar-refractivity contribution in [2.45, 2.75) is 47.5 Å². The second-order valence-corrected chi connectivity index (χ2v) is 24.8. The molecule has 0 aliphatic rings. The third kappa shape index (κ3) is 5.20. The van der Waals surface area contributed by atoms with E-state index in [9.17, 15) is 0 Å². The molecule has 0 atom stereocenters. The summed E-state index contributed by atoms with van der Waals surface area (Å²) in [6, 6.07) is 27.5. The van der Waals surface area contributed by atoms with Gasteiger partial charge in [0.15, 0.2) is 0 Å². The van der Waals surface area contributed by atoms with Gasteiger partial charge in [-0.3, -0.25) is 0 Å². The van der Waals surface area contributed by atoms with Gasteiger partial charge in [-0.2, -0.15) is 0 Å². The Morgan fingerprint density at radius 3 is 2.25 bits per heavy atom. The number of fused-ring (bicyclic) bond motifs is 1. The summed E-state index contributed by atoms with van der Waals surface area (Å²) in [5.41, 5.74) is 6.59. The van der Waals surface area contributed by atoms with Crippen LogP contribution in [0.2, 0.25) is 14.8 Å². The van der Waals surface area contributed by atoms with Gasteiger partial charge in [0.25, 0.3) is 0 Å². The van der Waals surface area contributed by atoms with Gasteiger partial charge in [0.05, 0.1) is 11.9 Å². The van der Waals surface area contributed by atoms with Crippen LogP contribution in [-0.2, 0) is 13.0 Å². The number of unbranched alkanes of at least 4 members (excludes halogenated alkanes) is 1. The van der Waals surface area contributed by atoms with E-state index in [1.54, 1.807) is 0 Å². The Labute approximate surface area is 238 Å². The fourth-order valence-electron chi connectivity index (χ4n) is 5.05. The van der Waals surface area contributed by atoms with Crippen LogP contribution < -0.4 is 0 Å². The Morgan fingerprint density at radius 1 is 0.800 bits per heavy atom. The van der Waals surface area contributed by atoms with Crippen LogP contribution in [0.25, 0.3) is 39.5 Å². The molecule has 3 heterocycles. The second-order valence-electron chi connectivity index (χ2n) is 11.2. The van der Waals surface area contributed by atoms with E-state index in [-0.39, 0.29) is 0 Å². The van der Waals surface area contributed by atoms with E-state index in [0.717, 1.165) is 64.6 Å². The van der Waals surface area contributed by atoms with Crippen molar-refractivity contribution in [3.8, 4) is 33.8 Å². The van der Waals surface area contributed by atoms with E-state index >= 15 is 0 Å². The van der Waals surface area contributed by atoms with E-state index in [1.807, 2.05) is 28.9 Å². The summed E-state index contributed by atoms with van der Waals surface area (Å²) in [5.74, 6) is 2.80. The van der Waals surface area contributed by atoms with Crippen molar-refractivity contribution in [1.29, 1.82) is 0 Å². The Morgan fingerprint density at radius 2 is 1.52 bits per heavy atom. The number of hydrogen-bond acceptors (Lipinski definition) is 5. The number of aryl methyl sites for hydroxylation is 1. The van der Waals surface area contributed by atoms with Crippen molar-refractivity contribution in [3.63, 3.8) is 0 Å². The third-order valence-corrected chi connectivity index (χ3v) is 11.6. The van der Waals surface area contributed by atoms with E-state index < -0.39 is 18.7 Å². The monoisotopic (exact) mass is 638 g/mol. The first-order valence-electron chi connectivity index (χ1n) is 13.9. The van der Waals surface area contributed by atoms with Crippen LogP contribution in [-0.4, -0.2) is 56.2 Å². The third-order valence-electron chi connectivity index (χ3n) is 7.15. The van der Waals surface area contributed by atoms with Crippen molar-refractivity contribution in [1.82, 2.24) is 37.6 Å². The molecule has 3 aromatic carbocycles. The van der Waals surface area contributed by atoms with Crippen LogP contribution in [0.5, 0.6) is 0 Å². The van der Waals surface area contributed by atoms with E-state index in [1.165, 1.54) is 5.56 Å². The van der Waals surface area contributed by atoms with E-state index in [2.05, 4.69) is 105 Å². The predicted octanol–water partition coefficient (Wildman–Crippen LogP) is 6.59. The molecule has 3 aromatic heterocycles. The van der Waals surface area contributed by atoms with Crippen molar-refractivity contribution in [2.24, 2.45) is 0 Å². The van der Waals surface area contributed by atoms with E-state index in [4.69, 9.17) is 10.1 Å². The minimum atomic E-state index is -2.56. The number of rotatable bonds is 9. The molecule has 8 nitrogen and oxygen atoms in total. The molecule has 6 rings (SSSR count). The van der Waals surface area contributed by atoms with Gasteiger partial charge in [-0.1, -0.05) is 43.7 Å². The van der Waals surface area contributed by atoms with Gasteiger partial charge in [0.1, 0.15) is 0 Å². The SMILES string of the molecule is CCCCc1nn2cc(-c3ccccc3)nc2n1Cc1ccc(-c2ccccc2-c2nnn[n]2[Sn]([CH3])([CH3])[CH3])cc1. The first-order valence-corrected chi connectivity index (χ1v) is 23.7. The topological polar surface area (TPSA) is 78.7 Å². The molecule has 0 bridgehead atoms. The summed E-state index contributed by atoms with van der Waals surface area (Å²) in [5, 5.41) is 17.7. The molecule has 0 fully saturated rings. The van der Waals surface area contributed by atoms with Crippen molar-refractivity contribution >= 4 is 24.4 Å². The van der Waals surface area contributed by atoms with Crippen LogP contribution in [0.15, 0.2) is 85.1 Å². The summed E-state index contributed by atoms with van der Waals surface area (Å²) in [7, 11) is 0. The van der Waals surface area contributed by atoms with Crippen LogP contribution in [0.3, 0.4) is 0 Å². The maximum absolute atomic E-state index is 4.99. The molecule has 6 aromatic rings. The molecule has 0 aliphatic heterocycles. The summed E-state index contributed by atoms with van der Waals surface area (Å²) >= 11 is -2.56. The van der Waals surface area contributed by atoms with Crippen molar-refractivity contribution in [2.75, 3.05) is 0 Å². The fourth-order valence-corrected chi connectivity index (χ4v) is 8.22. The molecule has 0 spiro atoms. The first-order chi connectivity index (χ1) is 19.4. The van der Waals surface area contributed by atoms with Gasteiger partial charge in [-0.05, 0) is 6.42 Å². The zero-order chi connectivity index (χ0) is 27.7. The predicted molar refractivity (Wildman–Crippen MR) is 162 cm³/mol. The zero-order valence-corrected chi connectivity index (χ0v) is 26.3. The van der Waals surface area contributed by atoms with Gasteiger partial charge in [0, 0.05) is 5.56 Å². The quantitative estimate of drug-likeness (QED) is 0.167. The van der Waals surface area contributed by atoms with Crippen molar-refractivity contribution in [3.05, 3.63) is 96.4 Å². The fraction of sp³-hybridized carbons (Fsp3) is 0.258. The maximum atomic E-state index is 4.99. The van der Waals surface area contributed by atoms with Gasteiger partial charge in [-0.25, -0.2) is 0 Å². The first kappa shape index (κ1) is 26.4. The number of imidazole rings is 1. The number of aromatic nitrogens is 8.